The Hall–Kier alpha value is -1.03. The van der Waals surface area contributed by atoms with Gasteiger partial charge >= 0.3 is 0 Å². The molecule has 1 aromatic rings. The Morgan fingerprint density at radius 1 is 1.53 bits per heavy atom. The van der Waals surface area contributed by atoms with Crippen LogP contribution in [-0.4, -0.2) is 34.8 Å². The normalized spacial score (nSPS) is 17.5. The van der Waals surface area contributed by atoms with E-state index < -0.39 is 0 Å². The lowest BCUT2D eigenvalue weighted by Gasteiger charge is -2.24. The van der Waals surface area contributed by atoms with Crippen LogP contribution in [0.5, 0.6) is 0 Å². The molecule has 2 rings (SSSR count). The van der Waals surface area contributed by atoms with Crippen LogP contribution < -0.4 is 5.32 Å². The summed E-state index contributed by atoms with van der Waals surface area (Å²) in [6, 6.07) is 0.680. The van der Waals surface area contributed by atoms with E-state index in [-0.39, 0.29) is 0 Å². The van der Waals surface area contributed by atoms with E-state index in [4.69, 9.17) is 0 Å². The number of nitrogens with one attached hydrogen (secondary N) is 1. The first-order chi connectivity index (χ1) is 8.04. The summed E-state index contributed by atoms with van der Waals surface area (Å²) in [7, 11) is 6.17. The Morgan fingerprint density at radius 3 is 2.71 bits per heavy atom. The van der Waals surface area contributed by atoms with E-state index in [1.165, 1.54) is 18.4 Å². The van der Waals surface area contributed by atoms with Gasteiger partial charge in [-0.05, 0) is 39.7 Å². The molecule has 17 heavy (non-hydrogen) atoms. The summed E-state index contributed by atoms with van der Waals surface area (Å²) in [5.74, 6) is 2.05. The van der Waals surface area contributed by atoms with Crippen LogP contribution in [-0.2, 0) is 13.6 Å². The van der Waals surface area contributed by atoms with Crippen LogP contribution in [0.25, 0.3) is 0 Å². The Bertz CT molecular complexity index is 392. The van der Waals surface area contributed by atoms with Crippen molar-refractivity contribution >= 4 is 5.82 Å². The molecule has 4 heteroatoms. The van der Waals surface area contributed by atoms with E-state index in [9.17, 15) is 0 Å². The van der Waals surface area contributed by atoms with Crippen LogP contribution in [0, 0.1) is 12.8 Å². The molecule has 96 valence electrons. The molecule has 1 unspecified atom stereocenters. The highest BCUT2D eigenvalue weighted by atomic mass is 15.3. The highest BCUT2D eigenvalue weighted by molar-refractivity contribution is 5.46. The largest absolute Gasteiger partial charge is 0.373 e. The lowest BCUT2D eigenvalue weighted by Crippen LogP contribution is -2.30. The van der Waals surface area contributed by atoms with Gasteiger partial charge in [-0.25, -0.2) is 0 Å². The van der Waals surface area contributed by atoms with Crippen molar-refractivity contribution in [2.24, 2.45) is 13.0 Å². The molecule has 1 N–H and O–H groups in total. The number of hydrogen-bond donors (Lipinski definition) is 1. The average Bonchev–Trinajstić information content (AvgIpc) is 3.07. The molecular weight excluding hydrogens is 212 g/mol. The van der Waals surface area contributed by atoms with Crippen molar-refractivity contribution in [3.05, 3.63) is 11.3 Å². The molecule has 0 bridgehead atoms. The van der Waals surface area contributed by atoms with Crippen molar-refractivity contribution in [1.82, 2.24) is 14.7 Å². The van der Waals surface area contributed by atoms with Gasteiger partial charge in [-0.15, -0.1) is 0 Å². The molecule has 1 heterocycles. The van der Waals surface area contributed by atoms with Gasteiger partial charge in [0.15, 0.2) is 0 Å². The molecule has 1 aromatic heterocycles. The Balaban J connectivity index is 2.11. The second-order valence-corrected chi connectivity index (χ2v) is 5.28. The second-order valence-electron chi connectivity index (χ2n) is 5.28. The lowest BCUT2D eigenvalue weighted by molar-refractivity contribution is 0.226. The van der Waals surface area contributed by atoms with E-state index >= 15 is 0 Å². The van der Waals surface area contributed by atoms with Crippen LogP contribution in [0.4, 0.5) is 5.82 Å². The molecule has 0 aromatic carbocycles. The van der Waals surface area contributed by atoms with Gasteiger partial charge in [-0.3, -0.25) is 9.58 Å². The SMILES string of the molecule is CNc1c(CN(C)C(C)C2CC2)c(C)nn1C. The van der Waals surface area contributed by atoms with Crippen LogP contribution in [0.2, 0.25) is 0 Å². The van der Waals surface area contributed by atoms with Gasteiger partial charge in [-0.1, -0.05) is 0 Å². The number of rotatable bonds is 5. The topological polar surface area (TPSA) is 33.1 Å². The zero-order chi connectivity index (χ0) is 12.6. The van der Waals surface area contributed by atoms with Crippen molar-refractivity contribution < 1.29 is 0 Å². The second kappa shape index (κ2) is 4.69. The van der Waals surface area contributed by atoms with Crippen LogP contribution in [0.3, 0.4) is 0 Å². The van der Waals surface area contributed by atoms with Gasteiger partial charge in [0.2, 0.25) is 0 Å². The van der Waals surface area contributed by atoms with Crippen molar-refractivity contribution in [3.63, 3.8) is 0 Å². The van der Waals surface area contributed by atoms with E-state index in [1.54, 1.807) is 0 Å². The zero-order valence-corrected chi connectivity index (χ0v) is 11.6. The smallest absolute Gasteiger partial charge is 0.128 e. The van der Waals surface area contributed by atoms with Crippen LogP contribution in [0.15, 0.2) is 0 Å². The monoisotopic (exact) mass is 236 g/mol. The molecule has 1 fully saturated rings. The van der Waals surface area contributed by atoms with Crippen LogP contribution in [0.1, 0.15) is 31.0 Å². The van der Waals surface area contributed by atoms with E-state index in [1.807, 2.05) is 18.8 Å². The van der Waals surface area contributed by atoms with Crippen molar-refractivity contribution in [1.29, 1.82) is 0 Å². The quantitative estimate of drug-likeness (QED) is 0.849. The number of nitrogens with zero attached hydrogens (tertiary/aromatic N) is 3. The van der Waals surface area contributed by atoms with E-state index in [2.05, 4.69) is 36.2 Å². The lowest BCUT2D eigenvalue weighted by atomic mass is 10.1. The van der Waals surface area contributed by atoms with Crippen molar-refractivity contribution in [3.8, 4) is 0 Å². The average molecular weight is 236 g/mol. The summed E-state index contributed by atoms with van der Waals surface area (Å²) < 4.78 is 1.93. The summed E-state index contributed by atoms with van der Waals surface area (Å²) in [4.78, 5) is 2.45. The fourth-order valence-corrected chi connectivity index (χ4v) is 2.54. The third-order valence-electron chi connectivity index (χ3n) is 3.99. The van der Waals surface area contributed by atoms with Gasteiger partial charge in [0.1, 0.15) is 5.82 Å². The van der Waals surface area contributed by atoms with Gasteiger partial charge in [0.25, 0.3) is 0 Å². The summed E-state index contributed by atoms with van der Waals surface area (Å²) in [5.41, 5.74) is 2.46. The molecule has 0 saturated heterocycles. The minimum atomic E-state index is 0.680. The summed E-state index contributed by atoms with van der Waals surface area (Å²) in [6.45, 7) is 5.40. The van der Waals surface area contributed by atoms with Crippen molar-refractivity contribution in [2.45, 2.75) is 39.3 Å². The summed E-state index contributed by atoms with van der Waals surface area (Å²) >= 11 is 0. The third-order valence-corrected chi connectivity index (χ3v) is 3.99. The van der Waals surface area contributed by atoms with Crippen LogP contribution >= 0.6 is 0 Å². The molecule has 4 nitrogen and oxygen atoms in total. The molecule has 1 saturated carbocycles. The molecule has 0 spiro atoms. The molecular formula is C13H24N4. The molecule has 1 atom stereocenters. The molecule has 1 aliphatic carbocycles. The van der Waals surface area contributed by atoms with Crippen molar-refractivity contribution in [2.75, 3.05) is 19.4 Å². The molecule has 0 aliphatic heterocycles. The zero-order valence-electron chi connectivity index (χ0n) is 11.6. The fourth-order valence-electron chi connectivity index (χ4n) is 2.54. The van der Waals surface area contributed by atoms with E-state index in [0.717, 1.165) is 24.0 Å². The summed E-state index contributed by atoms with van der Waals surface area (Å²) in [5, 5.41) is 7.73. The molecule has 0 radical (unpaired) electrons. The van der Waals surface area contributed by atoms with Gasteiger partial charge in [0.05, 0.1) is 5.69 Å². The minimum Gasteiger partial charge on any atom is -0.373 e. The van der Waals surface area contributed by atoms with E-state index in [0.29, 0.717) is 6.04 Å². The maximum absolute atomic E-state index is 4.48. The predicted octanol–water partition coefficient (Wildman–Crippen LogP) is 2.00. The summed E-state index contributed by atoms with van der Waals surface area (Å²) in [6.07, 6.45) is 2.80. The number of aryl methyl sites for hydroxylation is 2. The van der Waals surface area contributed by atoms with Gasteiger partial charge in [-0.2, -0.15) is 5.10 Å². The number of anilines is 1. The first kappa shape index (κ1) is 12.4. The standard InChI is InChI=1S/C13H24N4/c1-9-12(13(14-3)17(5)15-9)8-16(4)10(2)11-6-7-11/h10-11,14H,6-8H2,1-5H3. The first-order valence-corrected chi connectivity index (χ1v) is 6.45. The highest BCUT2D eigenvalue weighted by Crippen LogP contribution is 2.35. The maximum Gasteiger partial charge on any atom is 0.128 e. The Kier molecular flexibility index (Phi) is 3.43. The molecule has 1 aliphatic rings. The predicted molar refractivity (Wildman–Crippen MR) is 71.1 cm³/mol. The highest BCUT2D eigenvalue weighted by Gasteiger charge is 2.31. The first-order valence-electron chi connectivity index (χ1n) is 6.45. The minimum absolute atomic E-state index is 0.680. The number of hydrogen-bond acceptors (Lipinski definition) is 3. The molecule has 0 amide bonds. The maximum atomic E-state index is 4.48. The fraction of sp³-hybridized carbons (Fsp3) is 0.769. The Morgan fingerprint density at radius 2 is 2.18 bits per heavy atom. The number of aromatic nitrogens is 2. The Labute approximate surface area is 104 Å². The van der Waals surface area contributed by atoms with Gasteiger partial charge in [0, 0.05) is 32.2 Å². The van der Waals surface area contributed by atoms with Gasteiger partial charge < -0.3 is 5.32 Å². The third kappa shape index (κ3) is 2.46.